The number of anilines is 2. The number of aryl methyl sites for hydroxylation is 1. The summed E-state index contributed by atoms with van der Waals surface area (Å²) in [4.78, 5) is 19.6. The van der Waals surface area contributed by atoms with E-state index in [2.05, 4.69) is 21.4 Å². The predicted molar refractivity (Wildman–Crippen MR) is 93.3 cm³/mol. The largest absolute Gasteiger partial charge is 0.326 e. The van der Waals surface area contributed by atoms with Crippen LogP contribution in [0.3, 0.4) is 0 Å². The highest BCUT2D eigenvalue weighted by molar-refractivity contribution is 5.56. The van der Waals surface area contributed by atoms with E-state index in [0.717, 1.165) is 5.56 Å². The highest BCUT2D eigenvalue weighted by Gasteiger charge is 2.09. The van der Waals surface area contributed by atoms with Crippen molar-refractivity contribution >= 4 is 11.6 Å². The standard InChI is InChI=1S/C19H16N4O/c1-13-17(11-14-6-3-2-4-7-14)18(24)23-19(21-13)22-16-9-5-8-15(10-16)12-20/h2-10H,11H2,1H3,(H2,21,22,23,24). The van der Waals surface area contributed by atoms with Crippen molar-refractivity contribution in [3.63, 3.8) is 0 Å². The van der Waals surface area contributed by atoms with Crippen LogP contribution in [0, 0.1) is 18.3 Å². The number of nitrogens with one attached hydrogen (secondary N) is 2. The van der Waals surface area contributed by atoms with Gasteiger partial charge in [-0.05, 0) is 30.7 Å². The fourth-order valence-electron chi connectivity index (χ4n) is 2.48. The number of nitriles is 1. The number of benzene rings is 2. The molecule has 0 saturated heterocycles. The fraction of sp³-hybridized carbons (Fsp3) is 0.105. The van der Waals surface area contributed by atoms with Crippen LogP contribution in [0.15, 0.2) is 59.4 Å². The van der Waals surface area contributed by atoms with Crippen molar-refractivity contribution in [3.05, 3.63) is 87.3 Å². The first kappa shape index (κ1) is 15.5. The van der Waals surface area contributed by atoms with Gasteiger partial charge in [0, 0.05) is 17.7 Å². The van der Waals surface area contributed by atoms with Crippen molar-refractivity contribution in [2.24, 2.45) is 0 Å². The minimum Gasteiger partial charge on any atom is -0.326 e. The first-order valence-corrected chi connectivity index (χ1v) is 7.56. The average molecular weight is 316 g/mol. The molecule has 3 aromatic rings. The smallest absolute Gasteiger partial charge is 0.256 e. The van der Waals surface area contributed by atoms with E-state index < -0.39 is 0 Å². The SMILES string of the molecule is Cc1nc(Nc2cccc(C#N)c2)[nH]c(=O)c1Cc1ccccc1. The Hall–Kier alpha value is -3.39. The second-order valence-electron chi connectivity index (χ2n) is 5.46. The Bertz CT molecular complexity index is 955. The summed E-state index contributed by atoms with van der Waals surface area (Å²) in [5.41, 5.74) is 3.48. The van der Waals surface area contributed by atoms with Gasteiger partial charge in [-0.2, -0.15) is 5.26 Å². The molecule has 0 saturated carbocycles. The summed E-state index contributed by atoms with van der Waals surface area (Å²) < 4.78 is 0. The molecule has 2 N–H and O–H groups in total. The van der Waals surface area contributed by atoms with Crippen LogP contribution in [-0.4, -0.2) is 9.97 Å². The summed E-state index contributed by atoms with van der Waals surface area (Å²) in [6.45, 7) is 1.82. The quantitative estimate of drug-likeness (QED) is 0.774. The van der Waals surface area contributed by atoms with Crippen LogP contribution in [0.1, 0.15) is 22.4 Å². The zero-order valence-corrected chi connectivity index (χ0v) is 13.2. The van der Waals surface area contributed by atoms with Gasteiger partial charge in [-0.15, -0.1) is 0 Å². The number of aromatic nitrogens is 2. The van der Waals surface area contributed by atoms with Gasteiger partial charge in [-0.1, -0.05) is 36.4 Å². The average Bonchev–Trinajstić information content (AvgIpc) is 2.59. The molecule has 0 aliphatic carbocycles. The minimum absolute atomic E-state index is 0.162. The summed E-state index contributed by atoms with van der Waals surface area (Å²) in [5, 5.41) is 12.0. The Kier molecular flexibility index (Phi) is 4.39. The van der Waals surface area contributed by atoms with Gasteiger partial charge < -0.3 is 5.32 Å². The van der Waals surface area contributed by atoms with Gasteiger partial charge in [-0.3, -0.25) is 9.78 Å². The van der Waals surface area contributed by atoms with Crippen molar-refractivity contribution in [1.29, 1.82) is 5.26 Å². The van der Waals surface area contributed by atoms with Crippen LogP contribution in [0.5, 0.6) is 0 Å². The lowest BCUT2D eigenvalue weighted by Crippen LogP contribution is -2.18. The molecule has 5 heteroatoms. The number of H-pyrrole nitrogens is 1. The number of hydrogen-bond acceptors (Lipinski definition) is 4. The molecule has 0 amide bonds. The van der Waals surface area contributed by atoms with Crippen molar-refractivity contribution < 1.29 is 0 Å². The lowest BCUT2D eigenvalue weighted by atomic mass is 10.1. The molecule has 3 rings (SSSR count). The normalized spacial score (nSPS) is 10.2. The van der Waals surface area contributed by atoms with Crippen molar-refractivity contribution in [2.45, 2.75) is 13.3 Å². The van der Waals surface area contributed by atoms with Gasteiger partial charge in [0.2, 0.25) is 5.95 Å². The van der Waals surface area contributed by atoms with Crippen LogP contribution in [0.4, 0.5) is 11.6 Å². The van der Waals surface area contributed by atoms with Crippen molar-refractivity contribution in [3.8, 4) is 6.07 Å². The molecular weight excluding hydrogens is 300 g/mol. The molecule has 24 heavy (non-hydrogen) atoms. The Morgan fingerprint density at radius 3 is 2.67 bits per heavy atom. The first-order chi connectivity index (χ1) is 11.7. The van der Waals surface area contributed by atoms with E-state index >= 15 is 0 Å². The van der Waals surface area contributed by atoms with Gasteiger partial charge >= 0.3 is 0 Å². The first-order valence-electron chi connectivity index (χ1n) is 7.56. The molecule has 5 nitrogen and oxygen atoms in total. The lowest BCUT2D eigenvalue weighted by Gasteiger charge is -2.09. The molecular formula is C19H16N4O. The van der Waals surface area contributed by atoms with E-state index in [-0.39, 0.29) is 5.56 Å². The molecule has 0 bridgehead atoms. The maximum atomic E-state index is 12.4. The van der Waals surface area contributed by atoms with Gasteiger partial charge in [0.05, 0.1) is 17.3 Å². The molecule has 0 atom stereocenters. The summed E-state index contributed by atoms with van der Waals surface area (Å²) in [6.07, 6.45) is 0.541. The van der Waals surface area contributed by atoms with Gasteiger partial charge in [-0.25, -0.2) is 4.98 Å². The maximum Gasteiger partial charge on any atom is 0.256 e. The summed E-state index contributed by atoms with van der Waals surface area (Å²) >= 11 is 0. The molecule has 0 aliphatic heterocycles. The van der Waals surface area contributed by atoms with Crippen LogP contribution in [0.2, 0.25) is 0 Å². The van der Waals surface area contributed by atoms with Gasteiger partial charge in [0.1, 0.15) is 0 Å². The van der Waals surface area contributed by atoms with Crippen LogP contribution in [0.25, 0.3) is 0 Å². The highest BCUT2D eigenvalue weighted by atomic mass is 16.1. The third-order valence-electron chi connectivity index (χ3n) is 3.70. The molecule has 2 aromatic carbocycles. The Morgan fingerprint density at radius 2 is 1.96 bits per heavy atom. The molecule has 118 valence electrons. The third kappa shape index (κ3) is 3.50. The minimum atomic E-state index is -0.162. The fourth-order valence-corrected chi connectivity index (χ4v) is 2.48. The second kappa shape index (κ2) is 6.80. The molecule has 0 aliphatic rings. The molecule has 0 unspecified atom stereocenters. The third-order valence-corrected chi connectivity index (χ3v) is 3.70. The predicted octanol–water partition coefficient (Wildman–Crippen LogP) is 3.28. The van der Waals surface area contributed by atoms with Crippen molar-refractivity contribution in [1.82, 2.24) is 9.97 Å². The topological polar surface area (TPSA) is 81.6 Å². The van der Waals surface area contributed by atoms with Gasteiger partial charge in [0.15, 0.2) is 0 Å². The Labute approximate surface area is 139 Å². The zero-order valence-electron chi connectivity index (χ0n) is 13.2. The summed E-state index contributed by atoms with van der Waals surface area (Å²) in [6, 6.07) is 18.9. The maximum absolute atomic E-state index is 12.4. The molecule has 0 fully saturated rings. The lowest BCUT2D eigenvalue weighted by molar-refractivity contribution is 0.986. The monoisotopic (exact) mass is 316 g/mol. The van der Waals surface area contributed by atoms with E-state index in [9.17, 15) is 4.79 Å². The molecule has 0 spiro atoms. The van der Waals surface area contributed by atoms with Gasteiger partial charge in [0.25, 0.3) is 5.56 Å². The van der Waals surface area contributed by atoms with Crippen LogP contribution in [-0.2, 0) is 6.42 Å². The van der Waals surface area contributed by atoms with Crippen molar-refractivity contribution in [2.75, 3.05) is 5.32 Å². The number of hydrogen-bond donors (Lipinski definition) is 2. The summed E-state index contributed by atoms with van der Waals surface area (Å²) in [5.74, 6) is 0.365. The Morgan fingerprint density at radius 1 is 1.17 bits per heavy atom. The molecule has 1 aromatic heterocycles. The van der Waals surface area contributed by atoms with E-state index in [1.54, 1.807) is 18.2 Å². The van der Waals surface area contributed by atoms with E-state index in [4.69, 9.17) is 5.26 Å². The van der Waals surface area contributed by atoms with E-state index in [1.165, 1.54) is 0 Å². The number of rotatable bonds is 4. The number of nitrogens with zero attached hydrogens (tertiary/aromatic N) is 2. The second-order valence-corrected chi connectivity index (χ2v) is 5.46. The van der Waals surface area contributed by atoms with Crippen LogP contribution < -0.4 is 10.9 Å². The number of aromatic amines is 1. The Balaban J connectivity index is 1.87. The van der Waals surface area contributed by atoms with E-state index in [1.807, 2.05) is 43.3 Å². The van der Waals surface area contributed by atoms with Crippen LogP contribution >= 0.6 is 0 Å². The highest BCUT2D eigenvalue weighted by Crippen LogP contribution is 2.15. The molecule has 0 radical (unpaired) electrons. The van der Waals surface area contributed by atoms with E-state index in [0.29, 0.717) is 34.9 Å². The molecule has 1 heterocycles. The summed E-state index contributed by atoms with van der Waals surface area (Å²) in [7, 11) is 0. The zero-order chi connectivity index (χ0) is 16.9.